The van der Waals surface area contributed by atoms with E-state index in [0.717, 1.165) is 63.0 Å². The van der Waals surface area contributed by atoms with E-state index in [1.807, 2.05) is 13.8 Å². The Balaban J connectivity index is 1.53. The number of hydrogen-bond donors (Lipinski definition) is 2. The molecule has 4 rings (SSSR count). The van der Waals surface area contributed by atoms with E-state index in [-0.39, 0.29) is 17.9 Å². The summed E-state index contributed by atoms with van der Waals surface area (Å²) in [4.78, 5) is 19.3. The van der Waals surface area contributed by atoms with Gasteiger partial charge in [0.15, 0.2) is 0 Å². The molecule has 2 aliphatic rings. The standard InChI is InChI=1S/C21H31N5O2/c1-14(2)23-20(27)15-3-5-16(6-4-15)26-19-13-17(25-9-11-28-12-10-25)7-8-18(19)24-21(26)22/h7-8,13-16H,3-6,9-12H2,1-2H3,(H2,22,24)(H,23,27)/t15-,16+. The largest absolute Gasteiger partial charge is 0.378 e. The zero-order valence-electron chi connectivity index (χ0n) is 16.9. The summed E-state index contributed by atoms with van der Waals surface area (Å²) >= 11 is 0. The van der Waals surface area contributed by atoms with E-state index < -0.39 is 0 Å². The maximum absolute atomic E-state index is 12.3. The van der Waals surface area contributed by atoms with Crippen LogP contribution in [0.5, 0.6) is 0 Å². The molecule has 2 fully saturated rings. The van der Waals surface area contributed by atoms with Gasteiger partial charge in [0.25, 0.3) is 0 Å². The molecule has 152 valence electrons. The summed E-state index contributed by atoms with van der Waals surface area (Å²) in [6.07, 6.45) is 3.69. The number of aromatic nitrogens is 2. The van der Waals surface area contributed by atoms with Crippen molar-refractivity contribution in [3.8, 4) is 0 Å². The lowest BCUT2D eigenvalue weighted by Crippen LogP contribution is -2.37. The number of fused-ring (bicyclic) bond motifs is 1. The number of imidazole rings is 1. The van der Waals surface area contributed by atoms with Crippen molar-refractivity contribution in [1.29, 1.82) is 0 Å². The van der Waals surface area contributed by atoms with Crippen LogP contribution < -0.4 is 16.0 Å². The van der Waals surface area contributed by atoms with Crippen molar-refractivity contribution in [1.82, 2.24) is 14.9 Å². The number of hydrogen-bond acceptors (Lipinski definition) is 5. The summed E-state index contributed by atoms with van der Waals surface area (Å²) in [7, 11) is 0. The first-order valence-corrected chi connectivity index (χ1v) is 10.4. The number of nitrogens with two attached hydrogens (primary N) is 1. The minimum Gasteiger partial charge on any atom is -0.378 e. The van der Waals surface area contributed by atoms with Gasteiger partial charge in [-0.2, -0.15) is 0 Å². The highest BCUT2D eigenvalue weighted by molar-refractivity contribution is 5.83. The van der Waals surface area contributed by atoms with Crippen LogP contribution in [0, 0.1) is 5.92 Å². The second-order valence-corrected chi connectivity index (χ2v) is 8.28. The van der Waals surface area contributed by atoms with Gasteiger partial charge < -0.3 is 25.3 Å². The van der Waals surface area contributed by atoms with Gasteiger partial charge in [-0.1, -0.05) is 0 Å². The zero-order chi connectivity index (χ0) is 19.7. The highest BCUT2D eigenvalue weighted by atomic mass is 16.5. The Bertz CT molecular complexity index is 833. The fraction of sp³-hybridized carbons (Fsp3) is 0.619. The predicted molar refractivity (Wildman–Crippen MR) is 111 cm³/mol. The Morgan fingerprint density at radius 1 is 1.21 bits per heavy atom. The van der Waals surface area contributed by atoms with Crippen LogP contribution in [0.2, 0.25) is 0 Å². The van der Waals surface area contributed by atoms with E-state index in [2.05, 4.69) is 38.0 Å². The van der Waals surface area contributed by atoms with E-state index in [4.69, 9.17) is 10.5 Å². The van der Waals surface area contributed by atoms with Gasteiger partial charge in [-0.3, -0.25) is 4.79 Å². The van der Waals surface area contributed by atoms with Crippen LogP contribution in [0.3, 0.4) is 0 Å². The van der Waals surface area contributed by atoms with Gasteiger partial charge in [-0.05, 0) is 57.7 Å². The Morgan fingerprint density at radius 3 is 2.61 bits per heavy atom. The minimum atomic E-state index is 0.110. The first-order valence-electron chi connectivity index (χ1n) is 10.4. The molecule has 7 heteroatoms. The SMILES string of the molecule is CC(C)NC(=O)[C@H]1CC[C@@H](n2c(N)nc3ccc(N4CCOCC4)cc32)CC1. The van der Waals surface area contributed by atoms with E-state index in [0.29, 0.717) is 12.0 Å². The molecule has 1 amide bonds. The molecule has 0 spiro atoms. The zero-order valence-corrected chi connectivity index (χ0v) is 16.9. The monoisotopic (exact) mass is 385 g/mol. The molecule has 0 radical (unpaired) electrons. The van der Waals surface area contributed by atoms with Crippen LogP contribution in [0.4, 0.5) is 11.6 Å². The molecule has 2 aromatic rings. The number of nitrogen functional groups attached to an aromatic ring is 1. The summed E-state index contributed by atoms with van der Waals surface area (Å²) in [6, 6.07) is 6.89. The lowest BCUT2D eigenvalue weighted by molar-refractivity contribution is -0.126. The van der Waals surface area contributed by atoms with Crippen molar-refractivity contribution in [2.45, 2.75) is 51.6 Å². The second-order valence-electron chi connectivity index (χ2n) is 8.28. The van der Waals surface area contributed by atoms with Crippen molar-refractivity contribution in [3.63, 3.8) is 0 Å². The predicted octanol–water partition coefficient (Wildman–Crippen LogP) is 2.71. The van der Waals surface area contributed by atoms with Gasteiger partial charge in [0.2, 0.25) is 11.9 Å². The number of rotatable bonds is 4. The lowest BCUT2D eigenvalue weighted by atomic mass is 9.85. The molecular weight excluding hydrogens is 354 g/mol. The molecule has 0 unspecified atom stereocenters. The number of anilines is 2. The number of carbonyl (C=O) groups excluding carboxylic acids is 1. The van der Waals surface area contributed by atoms with E-state index >= 15 is 0 Å². The number of nitrogens with zero attached hydrogens (tertiary/aromatic N) is 3. The van der Waals surface area contributed by atoms with Gasteiger partial charge in [0.1, 0.15) is 0 Å². The van der Waals surface area contributed by atoms with Gasteiger partial charge in [0.05, 0.1) is 24.2 Å². The summed E-state index contributed by atoms with van der Waals surface area (Å²) in [5.74, 6) is 0.870. The van der Waals surface area contributed by atoms with Gasteiger partial charge in [0, 0.05) is 36.8 Å². The molecule has 1 aliphatic heterocycles. The molecular formula is C21H31N5O2. The van der Waals surface area contributed by atoms with Crippen LogP contribution in [-0.4, -0.2) is 47.8 Å². The van der Waals surface area contributed by atoms with Crippen molar-refractivity contribution >= 4 is 28.6 Å². The fourth-order valence-corrected chi connectivity index (χ4v) is 4.50. The molecule has 1 saturated carbocycles. The van der Waals surface area contributed by atoms with Crippen molar-refractivity contribution in [3.05, 3.63) is 18.2 Å². The molecule has 2 heterocycles. The quantitative estimate of drug-likeness (QED) is 0.845. The summed E-state index contributed by atoms with van der Waals surface area (Å²) < 4.78 is 7.66. The molecule has 3 N–H and O–H groups in total. The Labute approximate surface area is 166 Å². The Hall–Kier alpha value is -2.28. The lowest BCUT2D eigenvalue weighted by Gasteiger charge is -2.31. The summed E-state index contributed by atoms with van der Waals surface area (Å²) in [6.45, 7) is 7.36. The topological polar surface area (TPSA) is 85.4 Å². The van der Waals surface area contributed by atoms with Gasteiger partial charge in [-0.25, -0.2) is 4.98 Å². The molecule has 7 nitrogen and oxygen atoms in total. The minimum absolute atomic E-state index is 0.110. The molecule has 28 heavy (non-hydrogen) atoms. The van der Waals surface area contributed by atoms with E-state index in [9.17, 15) is 4.79 Å². The van der Waals surface area contributed by atoms with Gasteiger partial charge in [-0.15, -0.1) is 0 Å². The van der Waals surface area contributed by atoms with E-state index in [1.54, 1.807) is 0 Å². The van der Waals surface area contributed by atoms with Crippen molar-refractivity contribution in [2.75, 3.05) is 36.9 Å². The molecule has 1 aromatic carbocycles. The smallest absolute Gasteiger partial charge is 0.223 e. The molecule has 0 bridgehead atoms. The third-order valence-corrected chi connectivity index (χ3v) is 5.94. The average molecular weight is 386 g/mol. The third kappa shape index (κ3) is 3.81. The number of benzene rings is 1. The first-order chi connectivity index (χ1) is 13.5. The Kier molecular flexibility index (Phi) is 5.44. The van der Waals surface area contributed by atoms with Crippen LogP contribution in [0.1, 0.15) is 45.6 Å². The third-order valence-electron chi connectivity index (χ3n) is 5.94. The number of ether oxygens (including phenoxy) is 1. The normalized spacial score (nSPS) is 23.3. The van der Waals surface area contributed by atoms with Crippen LogP contribution >= 0.6 is 0 Å². The van der Waals surface area contributed by atoms with Crippen molar-refractivity contribution < 1.29 is 9.53 Å². The summed E-state index contributed by atoms with van der Waals surface area (Å²) in [5.41, 5.74) is 9.54. The highest BCUT2D eigenvalue weighted by Crippen LogP contribution is 2.37. The Morgan fingerprint density at radius 2 is 1.93 bits per heavy atom. The molecule has 1 saturated heterocycles. The van der Waals surface area contributed by atoms with Crippen LogP contribution in [0.15, 0.2) is 18.2 Å². The van der Waals surface area contributed by atoms with Crippen molar-refractivity contribution in [2.24, 2.45) is 5.92 Å². The van der Waals surface area contributed by atoms with Crippen LogP contribution in [0.25, 0.3) is 11.0 Å². The fourth-order valence-electron chi connectivity index (χ4n) is 4.50. The van der Waals surface area contributed by atoms with Gasteiger partial charge >= 0.3 is 0 Å². The van der Waals surface area contributed by atoms with E-state index in [1.165, 1.54) is 5.69 Å². The molecule has 0 atom stereocenters. The average Bonchev–Trinajstić information content (AvgIpc) is 3.03. The first kappa shape index (κ1) is 19.1. The maximum Gasteiger partial charge on any atom is 0.223 e. The molecule has 1 aromatic heterocycles. The number of amides is 1. The number of morpholine rings is 1. The summed E-state index contributed by atoms with van der Waals surface area (Å²) in [5, 5.41) is 3.05. The van der Waals surface area contributed by atoms with Crippen LogP contribution in [-0.2, 0) is 9.53 Å². The second kappa shape index (κ2) is 7.99. The highest BCUT2D eigenvalue weighted by Gasteiger charge is 2.29. The number of carbonyl (C=O) groups is 1. The molecule has 1 aliphatic carbocycles. The number of nitrogens with one attached hydrogen (secondary N) is 1. The maximum atomic E-state index is 12.3.